The second-order valence-electron chi connectivity index (χ2n) is 5.68. The molecule has 0 aliphatic rings. The quantitative estimate of drug-likeness (QED) is 0.671. The van der Waals surface area contributed by atoms with Crippen molar-refractivity contribution in [2.75, 3.05) is 6.54 Å². The number of hydrogen-bond donors (Lipinski definition) is 2. The maximum atomic E-state index is 12.3. The lowest BCUT2D eigenvalue weighted by atomic mass is 10.1. The van der Waals surface area contributed by atoms with Crippen LogP contribution in [0.15, 0.2) is 65.4 Å². The fourth-order valence-electron chi connectivity index (χ4n) is 2.40. The molecular formula is C20H17ClN2O2S. The van der Waals surface area contributed by atoms with Crippen LogP contribution >= 0.6 is 22.9 Å². The Hall–Kier alpha value is -2.63. The summed E-state index contributed by atoms with van der Waals surface area (Å²) in [5, 5.41) is 10.1. The Morgan fingerprint density at radius 3 is 2.50 bits per heavy atom. The molecule has 0 saturated heterocycles. The largest absolute Gasteiger partial charge is 0.350 e. The van der Waals surface area contributed by atoms with Crippen LogP contribution in [0.5, 0.6) is 0 Å². The third-order valence-electron chi connectivity index (χ3n) is 3.79. The van der Waals surface area contributed by atoms with Gasteiger partial charge in [-0.2, -0.15) is 11.3 Å². The zero-order valence-corrected chi connectivity index (χ0v) is 15.4. The molecule has 0 unspecified atom stereocenters. The van der Waals surface area contributed by atoms with Gasteiger partial charge in [-0.05, 0) is 57.8 Å². The molecule has 0 aliphatic carbocycles. The Bertz CT molecular complexity index is 892. The zero-order chi connectivity index (χ0) is 18.4. The summed E-state index contributed by atoms with van der Waals surface area (Å²) < 4.78 is 0. The summed E-state index contributed by atoms with van der Waals surface area (Å²) in [6, 6.07) is 16.6. The van der Waals surface area contributed by atoms with E-state index < -0.39 is 0 Å². The predicted octanol–water partition coefficient (Wildman–Crippen LogP) is 4.11. The molecule has 26 heavy (non-hydrogen) atoms. The number of nitrogens with one attached hydrogen (secondary N) is 2. The summed E-state index contributed by atoms with van der Waals surface area (Å²) in [6.45, 7) is 0.314. The number of benzene rings is 2. The Labute approximate surface area is 160 Å². The van der Waals surface area contributed by atoms with E-state index in [1.807, 2.05) is 47.2 Å². The second kappa shape index (κ2) is 8.65. The lowest BCUT2D eigenvalue weighted by Crippen LogP contribution is -2.36. The Morgan fingerprint density at radius 1 is 0.962 bits per heavy atom. The van der Waals surface area contributed by atoms with Crippen LogP contribution < -0.4 is 10.6 Å². The van der Waals surface area contributed by atoms with Crippen molar-refractivity contribution in [3.8, 4) is 11.1 Å². The van der Waals surface area contributed by atoms with Crippen LogP contribution in [0.3, 0.4) is 0 Å². The van der Waals surface area contributed by atoms with Gasteiger partial charge in [0.25, 0.3) is 5.91 Å². The van der Waals surface area contributed by atoms with E-state index >= 15 is 0 Å². The molecule has 1 aromatic heterocycles. The molecule has 2 aromatic carbocycles. The molecule has 132 valence electrons. The molecule has 0 aliphatic heterocycles. The number of carbonyl (C=O) groups is 2. The van der Waals surface area contributed by atoms with Crippen molar-refractivity contribution in [1.82, 2.24) is 10.6 Å². The second-order valence-corrected chi connectivity index (χ2v) is 6.90. The van der Waals surface area contributed by atoms with Crippen molar-refractivity contribution >= 4 is 34.8 Å². The first-order chi connectivity index (χ1) is 12.6. The molecule has 3 rings (SSSR count). The van der Waals surface area contributed by atoms with Crippen LogP contribution in [0.2, 0.25) is 5.02 Å². The van der Waals surface area contributed by atoms with Crippen molar-refractivity contribution in [3.05, 3.63) is 81.5 Å². The number of halogens is 1. The first-order valence-electron chi connectivity index (χ1n) is 8.04. The van der Waals surface area contributed by atoms with Crippen LogP contribution in [0, 0.1) is 0 Å². The molecule has 3 aromatic rings. The smallest absolute Gasteiger partial charge is 0.251 e. The normalized spacial score (nSPS) is 10.3. The van der Waals surface area contributed by atoms with Crippen molar-refractivity contribution in [2.45, 2.75) is 6.54 Å². The van der Waals surface area contributed by atoms with Crippen molar-refractivity contribution in [1.29, 1.82) is 0 Å². The van der Waals surface area contributed by atoms with Gasteiger partial charge >= 0.3 is 0 Å². The molecule has 0 spiro atoms. The molecule has 4 nitrogen and oxygen atoms in total. The van der Waals surface area contributed by atoms with Crippen molar-refractivity contribution in [3.63, 3.8) is 0 Å². The topological polar surface area (TPSA) is 58.2 Å². The standard InChI is InChI=1S/C20H17ClN2O2S/c21-18-6-4-14(5-7-18)11-22-19(24)12-23-20(25)16-3-1-2-15(10-16)17-8-9-26-13-17/h1-10,13H,11-12H2,(H,22,24)(H,23,25). The van der Waals surface area contributed by atoms with Crippen LogP contribution in [-0.2, 0) is 11.3 Å². The number of hydrogen-bond acceptors (Lipinski definition) is 3. The van der Waals surface area contributed by atoms with Gasteiger partial charge in [0.05, 0.1) is 6.54 Å². The first kappa shape index (κ1) is 18.2. The van der Waals surface area contributed by atoms with Crippen LogP contribution in [0.25, 0.3) is 11.1 Å². The maximum Gasteiger partial charge on any atom is 0.251 e. The van der Waals surface area contributed by atoms with Gasteiger partial charge in [0.1, 0.15) is 0 Å². The molecule has 1 heterocycles. The van der Waals surface area contributed by atoms with E-state index in [1.54, 1.807) is 29.5 Å². The summed E-state index contributed by atoms with van der Waals surface area (Å²) in [5.41, 5.74) is 3.52. The summed E-state index contributed by atoms with van der Waals surface area (Å²) in [4.78, 5) is 24.2. The number of thiophene rings is 1. The van der Waals surface area contributed by atoms with E-state index in [9.17, 15) is 9.59 Å². The van der Waals surface area contributed by atoms with Gasteiger partial charge in [-0.3, -0.25) is 9.59 Å². The summed E-state index contributed by atoms with van der Waals surface area (Å²) in [7, 11) is 0. The van der Waals surface area contributed by atoms with Gasteiger partial charge in [0.2, 0.25) is 5.91 Å². The van der Waals surface area contributed by atoms with Crippen LogP contribution in [0.4, 0.5) is 0 Å². The SMILES string of the molecule is O=C(CNC(=O)c1cccc(-c2ccsc2)c1)NCc1ccc(Cl)cc1. The maximum absolute atomic E-state index is 12.3. The molecule has 2 N–H and O–H groups in total. The van der Waals surface area contributed by atoms with Crippen LogP contribution in [0.1, 0.15) is 15.9 Å². The molecule has 0 fully saturated rings. The van der Waals surface area contributed by atoms with E-state index in [4.69, 9.17) is 11.6 Å². The summed E-state index contributed by atoms with van der Waals surface area (Å²) in [5.74, 6) is -0.522. The fourth-order valence-corrected chi connectivity index (χ4v) is 3.19. The minimum atomic E-state index is -0.274. The lowest BCUT2D eigenvalue weighted by Gasteiger charge is -2.08. The van der Waals surface area contributed by atoms with E-state index in [2.05, 4.69) is 10.6 Å². The van der Waals surface area contributed by atoms with E-state index in [0.717, 1.165) is 16.7 Å². The van der Waals surface area contributed by atoms with E-state index in [1.165, 1.54) is 0 Å². The lowest BCUT2D eigenvalue weighted by molar-refractivity contribution is -0.120. The fraction of sp³-hybridized carbons (Fsp3) is 0.100. The number of amides is 2. The molecule has 0 atom stereocenters. The molecule has 0 radical (unpaired) electrons. The number of carbonyl (C=O) groups excluding carboxylic acids is 2. The highest BCUT2D eigenvalue weighted by molar-refractivity contribution is 7.08. The van der Waals surface area contributed by atoms with Crippen molar-refractivity contribution in [2.24, 2.45) is 0 Å². The average Bonchev–Trinajstić information content (AvgIpc) is 3.20. The molecule has 0 saturated carbocycles. The zero-order valence-electron chi connectivity index (χ0n) is 13.9. The highest BCUT2D eigenvalue weighted by Crippen LogP contribution is 2.22. The highest BCUT2D eigenvalue weighted by atomic mass is 35.5. The number of rotatable bonds is 6. The predicted molar refractivity (Wildman–Crippen MR) is 105 cm³/mol. The van der Waals surface area contributed by atoms with Gasteiger partial charge in [0.15, 0.2) is 0 Å². The molecule has 6 heteroatoms. The Morgan fingerprint density at radius 2 is 1.77 bits per heavy atom. The molecular weight excluding hydrogens is 368 g/mol. The average molecular weight is 385 g/mol. The summed E-state index contributed by atoms with van der Waals surface area (Å²) >= 11 is 7.43. The minimum Gasteiger partial charge on any atom is -0.350 e. The highest BCUT2D eigenvalue weighted by Gasteiger charge is 2.09. The minimum absolute atomic E-state index is 0.0743. The first-order valence-corrected chi connectivity index (χ1v) is 9.36. The van der Waals surface area contributed by atoms with E-state index in [0.29, 0.717) is 17.1 Å². The molecule has 0 bridgehead atoms. The van der Waals surface area contributed by atoms with Gasteiger partial charge in [-0.25, -0.2) is 0 Å². The van der Waals surface area contributed by atoms with Crippen molar-refractivity contribution < 1.29 is 9.59 Å². The Kier molecular flexibility index (Phi) is 6.04. The van der Waals surface area contributed by atoms with Gasteiger partial charge in [0, 0.05) is 17.1 Å². The van der Waals surface area contributed by atoms with E-state index in [-0.39, 0.29) is 18.4 Å². The van der Waals surface area contributed by atoms with Crippen LogP contribution in [-0.4, -0.2) is 18.4 Å². The summed E-state index contributed by atoms with van der Waals surface area (Å²) in [6.07, 6.45) is 0. The Balaban J connectivity index is 1.51. The van der Waals surface area contributed by atoms with Gasteiger partial charge in [-0.15, -0.1) is 0 Å². The monoisotopic (exact) mass is 384 g/mol. The third kappa shape index (κ3) is 4.94. The van der Waals surface area contributed by atoms with Gasteiger partial charge in [-0.1, -0.05) is 35.9 Å². The molecule has 2 amide bonds. The van der Waals surface area contributed by atoms with Gasteiger partial charge < -0.3 is 10.6 Å². The third-order valence-corrected chi connectivity index (χ3v) is 4.73.